The second-order valence-corrected chi connectivity index (χ2v) is 30.3. The Balaban J connectivity index is 0.000000360. The number of esters is 2. The number of primary sulfonamides is 1. The van der Waals surface area contributed by atoms with Gasteiger partial charge >= 0.3 is 23.9 Å². The number of anilines is 6. The Kier molecular flexibility index (Phi) is 31.9. The number of aliphatic carboxylic acids is 1. The molecule has 0 saturated carbocycles. The first-order valence-electron chi connectivity index (χ1n) is 28.5. The Labute approximate surface area is 577 Å². The maximum Gasteiger partial charge on any atom is 0.338 e. The van der Waals surface area contributed by atoms with E-state index >= 15 is 0 Å². The predicted molar refractivity (Wildman–Crippen MR) is 356 cm³/mol. The van der Waals surface area contributed by atoms with E-state index in [2.05, 4.69) is 62.5 Å². The molecule has 0 atom stereocenters. The Morgan fingerprint density at radius 3 is 0.939 bits per heavy atom. The fourth-order valence-electron chi connectivity index (χ4n) is 6.69. The number of benzene rings is 3. The minimum atomic E-state index is -4.24. The monoisotopic (exact) mass is 1500 g/mol. The highest BCUT2D eigenvalue weighted by molar-refractivity contribution is 7.92. The molecular weight excluding hydrogens is 1430 g/mol. The highest BCUT2D eigenvalue weighted by atomic mass is 32.3. The lowest BCUT2D eigenvalue weighted by atomic mass is 10.1. The van der Waals surface area contributed by atoms with Crippen molar-refractivity contribution < 1.29 is 102 Å². The lowest BCUT2D eigenvalue weighted by molar-refractivity contribution is -0.137. The van der Waals surface area contributed by atoms with Gasteiger partial charge in [0.05, 0.1) is 16.7 Å². The number of carboxylic acids is 2. The van der Waals surface area contributed by atoms with E-state index in [1.165, 1.54) is 57.2 Å². The molecule has 536 valence electrons. The lowest BCUT2D eigenvalue weighted by Gasteiger charge is -2.19. The molecular formula is C56H69N15O22S6. The molecule has 6 rings (SSSR count). The summed E-state index contributed by atoms with van der Waals surface area (Å²) in [6.07, 6.45) is 0.0162. The smallest absolute Gasteiger partial charge is 0.338 e. The fourth-order valence-corrected chi connectivity index (χ4v) is 12.0. The minimum absolute atomic E-state index is 0.0175. The van der Waals surface area contributed by atoms with E-state index < -0.39 is 103 Å². The summed E-state index contributed by atoms with van der Waals surface area (Å²) < 4.78 is 82.9. The van der Waals surface area contributed by atoms with Crippen molar-refractivity contribution in [2.45, 2.75) is 144 Å². The zero-order chi connectivity index (χ0) is 74.6. The van der Waals surface area contributed by atoms with E-state index in [1.807, 2.05) is 9.44 Å². The van der Waals surface area contributed by atoms with Crippen LogP contribution in [0.5, 0.6) is 0 Å². The molecule has 37 nitrogen and oxygen atoms in total. The number of carbonyl (C=O) groups is 12. The van der Waals surface area contributed by atoms with Crippen LogP contribution in [-0.2, 0) is 82.7 Å². The normalized spacial score (nSPS) is 11.1. The van der Waals surface area contributed by atoms with E-state index in [0.29, 0.717) is 62.2 Å². The molecule has 3 heterocycles. The molecule has 0 fully saturated rings. The van der Waals surface area contributed by atoms with Crippen molar-refractivity contribution in [3.8, 4) is 0 Å². The molecule has 43 heteroatoms. The fraction of sp³-hybridized carbons (Fsp3) is 0.357. The van der Waals surface area contributed by atoms with Crippen LogP contribution in [0.1, 0.15) is 151 Å². The summed E-state index contributed by atoms with van der Waals surface area (Å²) in [5, 5.41) is 57.4. The van der Waals surface area contributed by atoms with Crippen molar-refractivity contribution in [3.63, 3.8) is 0 Å². The van der Waals surface area contributed by atoms with Crippen LogP contribution in [0.15, 0.2) is 85.8 Å². The molecule has 3 aromatic carbocycles. The van der Waals surface area contributed by atoms with Crippen molar-refractivity contribution in [2.24, 2.45) is 5.14 Å². The molecule has 0 saturated heterocycles. The van der Waals surface area contributed by atoms with Gasteiger partial charge in [-0.3, -0.25) is 43.2 Å². The third kappa shape index (κ3) is 33.5. The number of rotatable bonds is 26. The van der Waals surface area contributed by atoms with Gasteiger partial charge in [-0.2, -0.15) is 16.8 Å². The SMILES string of the molecule is CC(=O)Nc1nnc(S(=O)(=O)NC(=O)CCCC(=O)Nc2ccc(C(=O)O)cc2)s1.CC(=O)Nc1nnc(S(=O)(=O)NC(=O)CCCC(=O)Nc2ccc(C(=O)OC(C)(C)C)cc2)s1.CC(=O)Nc1nnc(S(N)(=O)=O)s1.CC(C)(C)OC(=O)c1ccc(NC(=O)CCCC(=O)O)cc1. The van der Waals surface area contributed by atoms with E-state index in [0.717, 1.165) is 0 Å². The summed E-state index contributed by atoms with van der Waals surface area (Å²) >= 11 is 1.88. The minimum Gasteiger partial charge on any atom is -0.481 e. The number of hydrogen-bond acceptors (Lipinski definition) is 29. The standard InChI is InChI=1S/C20H25N5O7S2.C16H17N5O7S2.C16H21NO5.C4H6N4O3S2/c1-12(26)21-18-23-24-19(33-18)34(30,31)25-16(28)7-5-6-15(27)22-14-10-8-13(9-11-14)17(29)32-20(2,3)4;1-9(22)17-15-19-20-16(29-15)30(27,28)21-13(24)4-2-3-12(23)18-11-7-5-10(6-8-11)14(25)26;1-16(2,3)22-15(21)11-7-9-12(10-8-11)17-13(18)5-4-6-14(19)20;1-2(9)6-3-7-8-4(12-3)13(5,10)11/h8-11H,5-7H2,1-4H3,(H,22,27)(H,25,28)(H,21,23,26);5-8H,2-4H2,1H3,(H,18,23)(H,21,24)(H,25,26)(H,17,19,22);7-10H,4-6H2,1-3H3,(H,17,18)(H,19,20);1H3,(H2,5,10,11)(H,6,7,9). The van der Waals surface area contributed by atoms with Crippen LogP contribution in [-0.4, -0.2) is 148 Å². The first-order chi connectivity index (χ1) is 45.9. The average Bonchev–Trinajstić information content (AvgIpc) is 1.76. The van der Waals surface area contributed by atoms with Gasteiger partial charge in [-0.1, -0.05) is 34.0 Å². The van der Waals surface area contributed by atoms with Crippen LogP contribution in [0.25, 0.3) is 0 Å². The van der Waals surface area contributed by atoms with E-state index in [-0.39, 0.29) is 101 Å². The highest BCUT2D eigenvalue weighted by Crippen LogP contribution is 2.23. The van der Waals surface area contributed by atoms with E-state index in [4.69, 9.17) is 24.8 Å². The Morgan fingerprint density at radius 1 is 0.404 bits per heavy atom. The number of aromatic nitrogens is 6. The van der Waals surface area contributed by atoms with Gasteiger partial charge in [-0.15, -0.1) is 30.6 Å². The summed E-state index contributed by atoms with van der Waals surface area (Å²) in [7, 11) is -12.3. The van der Waals surface area contributed by atoms with Crippen molar-refractivity contribution in [3.05, 3.63) is 89.5 Å². The first-order valence-corrected chi connectivity index (χ1v) is 35.4. The number of nitrogens with one attached hydrogen (secondary N) is 8. The number of hydrogen-bond donors (Lipinski definition) is 11. The molecule has 0 aliphatic carbocycles. The predicted octanol–water partition coefficient (Wildman–Crippen LogP) is 4.85. The van der Waals surface area contributed by atoms with Crippen LogP contribution in [0.2, 0.25) is 0 Å². The number of sulfonamides is 3. The number of carbonyl (C=O) groups excluding carboxylic acids is 10. The maximum atomic E-state index is 12.2. The van der Waals surface area contributed by atoms with Gasteiger partial charge in [0.2, 0.25) is 67.0 Å². The van der Waals surface area contributed by atoms with Gasteiger partial charge in [0.25, 0.3) is 38.7 Å². The number of nitrogens with zero attached hydrogens (tertiary/aromatic N) is 6. The van der Waals surface area contributed by atoms with E-state index in [1.54, 1.807) is 77.9 Å². The summed E-state index contributed by atoms with van der Waals surface area (Å²) in [6, 6.07) is 18.0. The molecule has 8 amide bonds. The average molecular weight is 1500 g/mol. The van der Waals surface area contributed by atoms with Crippen molar-refractivity contribution in [1.82, 2.24) is 40.0 Å². The number of ether oxygens (including phenoxy) is 2. The molecule has 0 radical (unpaired) electrons. The topological polar surface area (TPSA) is 566 Å². The summed E-state index contributed by atoms with van der Waals surface area (Å²) in [4.78, 5) is 137. The molecule has 6 aromatic rings. The molecule has 0 unspecified atom stereocenters. The highest BCUT2D eigenvalue weighted by Gasteiger charge is 2.26. The summed E-state index contributed by atoms with van der Waals surface area (Å²) in [6.45, 7) is 14.4. The molecule has 3 aromatic heterocycles. The van der Waals surface area contributed by atoms with Gasteiger partial charge in [0.1, 0.15) is 11.2 Å². The zero-order valence-electron chi connectivity index (χ0n) is 54.1. The van der Waals surface area contributed by atoms with E-state index in [9.17, 15) is 82.8 Å². The molecule has 12 N–H and O–H groups in total. The summed E-state index contributed by atoms with van der Waals surface area (Å²) in [5.74, 6) is -6.86. The molecule has 0 aliphatic heterocycles. The molecule has 0 aliphatic rings. The van der Waals surface area contributed by atoms with Crippen molar-refractivity contribution >= 4 is 168 Å². The quantitative estimate of drug-likeness (QED) is 0.0255. The molecule has 99 heavy (non-hydrogen) atoms. The largest absolute Gasteiger partial charge is 0.481 e. The van der Waals surface area contributed by atoms with Crippen molar-refractivity contribution in [1.29, 1.82) is 0 Å². The maximum absolute atomic E-state index is 12.2. The third-order valence-corrected chi connectivity index (χ3v) is 18.0. The number of carboxylic acid groups (broad SMARTS) is 2. The number of aromatic carboxylic acids is 1. The van der Waals surface area contributed by atoms with Crippen LogP contribution in [0.4, 0.5) is 32.5 Å². The third-order valence-electron chi connectivity index (χ3n) is 10.7. The zero-order valence-corrected chi connectivity index (χ0v) is 59.0. The number of nitrogens with two attached hydrogens (primary N) is 1. The van der Waals surface area contributed by atoms with Crippen molar-refractivity contribution in [2.75, 3.05) is 31.9 Å². The van der Waals surface area contributed by atoms with Crippen LogP contribution >= 0.6 is 34.0 Å². The number of amides is 8. The van der Waals surface area contributed by atoms with Crippen LogP contribution < -0.4 is 46.5 Å². The van der Waals surface area contributed by atoms with Crippen LogP contribution in [0.3, 0.4) is 0 Å². The summed E-state index contributed by atoms with van der Waals surface area (Å²) in [5.41, 5.74) is 1.03. The molecule has 0 bridgehead atoms. The first kappa shape index (κ1) is 83.0. The van der Waals surface area contributed by atoms with Gasteiger partial charge in [-0.05, 0) is 134 Å². The Morgan fingerprint density at radius 2 is 0.677 bits per heavy atom. The van der Waals surface area contributed by atoms with Crippen LogP contribution in [0, 0.1) is 0 Å². The van der Waals surface area contributed by atoms with Gasteiger partial charge in [0, 0.05) is 76.4 Å². The second-order valence-electron chi connectivity index (χ2n) is 21.9. The lowest BCUT2D eigenvalue weighted by Crippen LogP contribution is -2.30. The van der Waals surface area contributed by atoms with Gasteiger partial charge < -0.3 is 51.6 Å². The Hall–Kier alpha value is -10.2. The Bertz CT molecular complexity index is 4250. The second kappa shape index (κ2) is 38.1. The van der Waals surface area contributed by atoms with Gasteiger partial charge in [-0.25, -0.2) is 37.4 Å². The molecule has 0 spiro atoms. The van der Waals surface area contributed by atoms with Gasteiger partial charge in [0.15, 0.2) is 0 Å².